The van der Waals surface area contributed by atoms with Crippen LogP contribution in [0.3, 0.4) is 0 Å². The van der Waals surface area contributed by atoms with Gasteiger partial charge in [-0.25, -0.2) is 5.43 Å². The third kappa shape index (κ3) is 3.91. The van der Waals surface area contributed by atoms with Gasteiger partial charge in [0.05, 0.1) is 23.1 Å². The Labute approximate surface area is 185 Å². The van der Waals surface area contributed by atoms with Gasteiger partial charge in [0.15, 0.2) is 0 Å². The number of benzene rings is 2. The summed E-state index contributed by atoms with van der Waals surface area (Å²) in [5.41, 5.74) is 7.84. The van der Waals surface area contributed by atoms with Crippen molar-refractivity contribution in [3.8, 4) is 5.75 Å². The van der Waals surface area contributed by atoms with E-state index >= 15 is 0 Å². The lowest BCUT2D eigenvalue weighted by molar-refractivity contribution is 0.261. The molecule has 2 aliphatic heterocycles. The fraction of sp³-hybridized carbons (Fsp3) is 0.318. The molecule has 0 aromatic heterocycles. The number of amidine groups is 1. The molecule has 8 heteroatoms. The molecule has 1 unspecified atom stereocenters. The van der Waals surface area contributed by atoms with Crippen LogP contribution in [0, 0.1) is 0 Å². The number of ether oxygens (including phenoxy) is 1. The zero-order chi connectivity index (χ0) is 21.3. The second kappa shape index (κ2) is 8.70. The number of carbonyl (C=O) groups is 1. The minimum atomic E-state index is -0.114. The molecule has 4 rings (SSSR count). The average Bonchev–Trinajstić information content (AvgIpc) is 2.74. The summed E-state index contributed by atoms with van der Waals surface area (Å²) in [6, 6.07) is 12.1. The number of nitrogens with one attached hydrogen (secondary N) is 1. The van der Waals surface area contributed by atoms with Crippen molar-refractivity contribution in [1.29, 1.82) is 0 Å². The van der Waals surface area contributed by atoms with Gasteiger partial charge in [-0.1, -0.05) is 29.4 Å². The van der Waals surface area contributed by atoms with Gasteiger partial charge in [-0.3, -0.25) is 9.79 Å². The van der Waals surface area contributed by atoms with E-state index in [0.29, 0.717) is 10.8 Å². The lowest BCUT2D eigenvalue weighted by Crippen LogP contribution is -2.36. The summed E-state index contributed by atoms with van der Waals surface area (Å²) in [6.45, 7) is 2.88. The quantitative estimate of drug-likeness (QED) is 0.551. The van der Waals surface area contributed by atoms with Crippen LogP contribution in [0.5, 0.6) is 5.75 Å². The normalized spacial score (nSPS) is 19.1. The van der Waals surface area contributed by atoms with Crippen molar-refractivity contribution in [1.82, 2.24) is 5.43 Å². The van der Waals surface area contributed by atoms with Gasteiger partial charge in [0.25, 0.3) is 5.24 Å². The first-order chi connectivity index (χ1) is 14.5. The zero-order valence-electron chi connectivity index (χ0n) is 17.1. The van der Waals surface area contributed by atoms with Crippen molar-refractivity contribution in [2.45, 2.75) is 25.0 Å². The molecule has 6 nitrogen and oxygen atoms in total. The van der Waals surface area contributed by atoms with E-state index in [-0.39, 0.29) is 10.5 Å². The van der Waals surface area contributed by atoms with Crippen LogP contribution in [0.2, 0.25) is 5.02 Å². The highest BCUT2D eigenvalue weighted by molar-refractivity contribution is 8.14. The standard InChI is InChI=1S/C22H23ClN4O2S/c1-13-20(25-26-22(28)30-13)15-6-8-18-14(11-15)5-4-10-27(18)21(24-2)16-7-9-19(29-3)17(23)12-16/h6-9,11-13H,4-5,10H2,1-3H3,(H,26,28)/b24-21-. The first-order valence-corrected chi connectivity index (χ1v) is 11.0. The van der Waals surface area contributed by atoms with E-state index in [9.17, 15) is 4.79 Å². The minimum absolute atomic E-state index is 0.0192. The van der Waals surface area contributed by atoms with Gasteiger partial charge in [-0.05, 0) is 61.2 Å². The van der Waals surface area contributed by atoms with Crippen LogP contribution in [-0.2, 0) is 6.42 Å². The molecule has 30 heavy (non-hydrogen) atoms. The molecule has 1 amide bonds. The highest BCUT2D eigenvalue weighted by atomic mass is 35.5. The molecule has 2 aliphatic rings. The molecule has 2 aromatic carbocycles. The fourth-order valence-electron chi connectivity index (χ4n) is 3.93. The summed E-state index contributed by atoms with van der Waals surface area (Å²) in [4.78, 5) is 18.4. The Hall–Kier alpha value is -2.51. The number of nitrogens with zero attached hydrogens (tertiary/aromatic N) is 3. The van der Waals surface area contributed by atoms with E-state index in [0.717, 1.165) is 47.7 Å². The topological polar surface area (TPSA) is 66.3 Å². The van der Waals surface area contributed by atoms with Gasteiger partial charge >= 0.3 is 0 Å². The number of hydrazone groups is 1. The van der Waals surface area contributed by atoms with Crippen LogP contribution in [0.4, 0.5) is 10.5 Å². The number of methoxy groups -OCH3 is 1. The number of halogens is 1. The maximum absolute atomic E-state index is 11.5. The predicted molar refractivity (Wildman–Crippen MR) is 125 cm³/mol. The van der Waals surface area contributed by atoms with Crippen LogP contribution < -0.4 is 15.1 Å². The molecule has 1 N–H and O–H groups in total. The molecule has 0 spiro atoms. The van der Waals surface area contributed by atoms with Gasteiger partial charge in [-0.15, -0.1) is 0 Å². The summed E-state index contributed by atoms with van der Waals surface area (Å²) < 4.78 is 5.28. The summed E-state index contributed by atoms with van der Waals surface area (Å²) in [7, 11) is 3.41. The van der Waals surface area contributed by atoms with E-state index in [1.807, 2.05) is 25.1 Å². The molecule has 2 heterocycles. The Bertz CT molecular complexity index is 1050. The maximum atomic E-state index is 11.5. The first-order valence-electron chi connectivity index (χ1n) is 9.77. The third-order valence-electron chi connectivity index (χ3n) is 5.31. The first kappa shape index (κ1) is 20.8. The van der Waals surface area contributed by atoms with Gasteiger partial charge in [0, 0.05) is 24.8 Å². The Morgan fingerprint density at radius 1 is 1.33 bits per heavy atom. The van der Waals surface area contributed by atoms with E-state index < -0.39 is 0 Å². The SMILES string of the molecule is C/N=C(/c1ccc(OC)c(Cl)c1)N1CCCc2cc(C3=NNC(=O)SC3C)ccc21. The molecule has 156 valence electrons. The van der Waals surface area contributed by atoms with E-state index in [2.05, 4.69) is 38.6 Å². The molecule has 2 aromatic rings. The van der Waals surface area contributed by atoms with Crippen LogP contribution in [-0.4, -0.2) is 42.7 Å². The molecule has 1 atom stereocenters. The Morgan fingerprint density at radius 2 is 2.17 bits per heavy atom. The van der Waals surface area contributed by atoms with Gasteiger partial charge in [-0.2, -0.15) is 5.10 Å². The summed E-state index contributed by atoms with van der Waals surface area (Å²) in [6.07, 6.45) is 2.01. The van der Waals surface area contributed by atoms with Gasteiger partial charge in [0.2, 0.25) is 0 Å². The highest BCUT2D eigenvalue weighted by Crippen LogP contribution is 2.33. The number of anilines is 1. The van der Waals surface area contributed by atoms with Crippen molar-refractivity contribution in [2.75, 3.05) is 25.6 Å². The predicted octanol–water partition coefficient (Wildman–Crippen LogP) is 4.73. The molecular weight excluding hydrogens is 420 g/mol. The molecule has 0 aliphatic carbocycles. The number of amides is 1. The second-order valence-electron chi connectivity index (χ2n) is 7.15. The van der Waals surface area contributed by atoms with Crippen molar-refractivity contribution >= 4 is 45.8 Å². The number of hydrogen-bond donors (Lipinski definition) is 1. The molecule has 0 radical (unpaired) electrons. The zero-order valence-corrected chi connectivity index (χ0v) is 18.7. The van der Waals surface area contributed by atoms with Crippen molar-refractivity contribution in [3.63, 3.8) is 0 Å². The number of aliphatic imine (C=N–C) groups is 1. The van der Waals surface area contributed by atoms with E-state index in [4.69, 9.17) is 16.3 Å². The monoisotopic (exact) mass is 442 g/mol. The summed E-state index contributed by atoms with van der Waals surface area (Å²) >= 11 is 7.62. The van der Waals surface area contributed by atoms with Crippen LogP contribution >= 0.6 is 23.4 Å². The van der Waals surface area contributed by atoms with Crippen LogP contribution in [0.25, 0.3) is 0 Å². The van der Waals surface area contributed by atoms with Crippen molar-refractivity contribution < 1.29 is 9.53 Å². The van der Waals surface area contributed by atoms with Crippen molar-refractivity contribution in [3.05, 3.63) is 58.1 Å². The van der Waals surface area contributed by atoms with E-state index in [1.165, 1.54) is 17.3 Å². The number of fused-ring (bicyclic) bond motifs is 1. The third-order valence-corrected chi connectivity index (χ3v) is 6.49. The Balaban J connectivity index is 1.68. The molecule has 0 saturated heterocycles. The average molecular weight is 443 g/mol. The van der Waals surface area contributed by atoms with Gasteiger partial charge < -0.3 is 9.64 Å². The number of carbonyl (C=O) groups excluding carboxylic acids is 1. The second-order valence-corrected chi connectivity index (χ2v) is 8.87. The lowest BCUT2D eigenvalue weighted by Gasteiger charge is -2.33. The number of thioether (sulfide) groups is 1. The smallest absolute Gasteiger partial charge is 0.299 e. The molecule has 0 fully saturated rings. The molecule has 0 saturated carbocycles. The number of aryl methyl sites for hydroxylation is 1. The lowest BCUT2D eigenvalue weighted by atomic mass is 9.96. The Kier molecular flexibility index (Phi) is 6.01. The Morgan fingerprint density at radius 3 is 2.87 bits per heavy atom. The number of rotatable bonds is 3. The van der Waals surface area contributed by atoms with E-state index in [1.54, 1.807) is 14.2 Å². The highest BCUT2D eigenvalue weighted by Gasteiger charge is 2.26. The largest absolute Gasteiger partial charge is 0.495 e. The fourth-order valence-corrected chi connectivity index (χ4v) is 4.90. The molecular formula is C22H23ClN4O2S. The molecule has 0 bridgehead atoms. The summed E-state index contributed by atoms with van der Waals surface area (Å²) in [5.74, 6) is 1.52. The minimum Gasteiger partial charge on any atom is -0.495 e. The number of hydrogen-bond acceptors (Lipinski definition) is 5. The van der Waals surface area contributed by atoms with Gasteiger partial charge in [0.1, 0.15) is 11.6 Å². The van der Waals surface area contributed by atoms with Crippen molar-refractivity contribution in [2.24, 2.45) is 10.1 Å². The summed E-state index contributed by atoms with van der Waals surface area (Å²) in [5, 5.41) is 4.76. The maximum Gasteiger partial charge on any atom is 0.299 e. The van der Waals surface area contributed by atoms with Crippen LogP contribution in [0.15, 0.2) is 46.5 Å². The van der Waals surface area contributed by atoms with Crippen LogP contribution in [0.1, 0.15) is 30.0 Å².